The summed E-state index contributed by atoms with van der Waals surface area (Å²) in [6.45, 7) is 1.07. The molecule has 1 aliphatic heterocycles. The second-order valence-electron chi connectivity index (χ2n) is 6.58. The molecule has 2 heterocycles. The van der Waals surface area contributed by atoms with Crippen LogP contribution < -0.4 is 4.90 Å². The number of rotatable bonds is 3. The average molecular weight is 376 g/mol. The largest absolute Gasteiger partial charge is 0.465 e. The molecular weight excluding hydrogens is 360 g/mol. The first-order valence-corrected chi connectivity index (χ1v) is 8.67. The van der Waals surface area contributed by atoms with E-state index >= 15 is 0 Å². The lowest BCUT2D eigenvalue weighted by Gasteiger charge is -2.29. The van der Waals surface area contributed by atoms with Gasteiger partial charge in [0.1, 0.15) is 5.69 Å². The van der Waals surface area contributed by atoms with Crippen molar-refractivity contribution in [1.82, 2.24) is 4.98 Å². The first-order chi connectivity index (χ1) is 13.5. The number of nitro benzene ring substituents is 1. The molecule has 0 saturated heterocycles. The van der Waals surface area contributed by atoms with Gasteiger partial charge in [0, 0.05) is 47.7 Å². The number of ether oxygens (including phenoxy) is 1. The smallest absolute Gasteiger partial charge is 0.337 e. The number of nitrogens with one attached hydrogen (secondary N) is 1. The predicted octanol–water partition coefficient (Wildman–Crippen LogP) is 3.30. The molecule has 0 aliphatic carbocycles. The minimum atomic E-state index is -0.462. The first-order valence-electron chi connectivity index (χ1n) is 8.67. The van der Waals surface area contributed by atoms with Crippen molar-refractivity contribution in [2.24, 2.45) is 0 Å². The van der Waals surface area contributed by atoms with Crippen molar-refractivity contribution in [1.29, 1.82) is 5.26 Å². The Labute approximate surface area is 160 Å². The van der Waals surface area contributed by atoms with Gasteiger partial charge >= 0.3 is 5.97 Å². The quantitative estimate of drug-likeness (QED) is 0.426. The SMILES string of the molecule is COC(=O)c1ccc2[nH]c3c(c2c1)CN(c1ccc(C#N)cc1[N+](=O)[O-])CC3. The number of aromatic nitrogens is 1. The van der Waals surface area contributed by atoms with Gasteiger partial charge < -0.3 is 14.6 Å². The van der Waals surface area contributed by atoms with Gasteiger partial charge in [-0.25, -0.2) is 4.79 Å². The van der Waals surface area contributed by atoms with Crippen molar-refractivity contribution in [3.05, 3.63) is 68.9 Å². The lowest BCUT2D eigenvalue weighted by molar-refractivity contribution is -0.384. The molecule has 140 valence electrons. The van der Waals surface area contributed by atoms with Gasteiger partial charge in [-0.2, -0.15) is 5.26 Å². The van der Waals surface area contributed by atoms with E-state index in [0.29, 0.717) is 30.8 Å². The van der Waals surface area contributed by atoms with Crippen molar-refractivity contribution >= 4 is 28.2 Å². The highest BCUT2D eigenvalue weighted by atomic mass is 16.6. The van der Waals surface area contributed by atoms with Crippen LogP contribution in [-0.2, 0) is 17.7 Å². The van der Waals surface area contributed by atoms with E-state index in [1.54, 1.807) is 24.3 Å². The number of fused-ring (bicyclic) bond motifs is 3. The molecule has 0 atom stereocenters. The van der Waals surface area contributed by atoms with Crippen LogP contribution in [0.1, 0.15) is 27.2 Å². The number of nitrogens with zero attached hydrogens (tertiary/aromatic N) is 3. The summed E-state index contributed by atoms with van der Waals surface area (Å²) in [5.74, 6) is -0.410. The number of benzene rings is 2. The van der Waals surface area contributed by atoms with Crippen LogP contribution >= 0.6 is 0 Å². The third-order valence-electron chi connectivity index (χ3n) is 5.04. The third kappa shape index (κ3) is 2.83. The summed E-state index contributed by atoms with van der Waals surface area (Å²) < 4.78 is 4.80. The van der Waals surface area contributed by atoms with Gasteiger partial charge in [-0.3, -0.25) is 10.1 Å². The number of carbonyl (C=O) groups excluding carboxylic acids is 1. The van der Waals surface area contributed by atoms with Crippen molar-refractivity contribution in [3.8, 4) is 6.07 Å². The zero-order valence-electron chi connectivity index (χ0n) is 15.1. The van der Waals surface area contributed by atoms with Gasteiger partial charge in [-0.1, -0.05) is 0 Å². The molecule has 1 aliphatic rings. The van der Waals surface area contributed by atoms with Gasteiger partial charge in [0.2, 0.25) is 0 Å². The molecule has 1 N–H and O–H groups in total. The summed E-state index contributed by atoms with van der Waals surface area (Å²) in [5, 5.41) is 21.4. The van der Waals surface area contributed by atoms with Gasteiger partial charge in [-0.05, 0) is 30.3 Å². The Hall–Kier alpha value is -3.86. The lowest BCUT2D eigenvalue weighted by atomic mass is 10.0. The van der Waals surface area contributed by atoms with E-state index < -0.39 is 10.9 Å². The van der Waals surface area contributed by atoms with Crippen LogP contribution in [0.4, 0.5) is 11.4 Å². The topological polar surface area (TPSA) is 112 Å². The number of hydrogen-bond donors (Lipinski definition) is 1. The molecule has 0 saturated carbocycles. The highest BCUT2D eigenvalue weighted by molar-refractivity contribution is 5.96. The Kier molecular flexibility index (Phi) is 4.20. The molecular formula is C20H16N4O4. The second kappa shape index (κ2) is 6.70. The second-order valence-corrected chi connectivity index (χ2v) is 6.58. The normalized spacial score (nSPS) is 13.1. The molecule has 1 aromatic heterocycles. The minimum Gasteiger partial charge on any atom is -0.465 e. The van der Waals surface area contributed by atoms with Crippen molar-refractivity contribution in [2.45, 2.75) is 13.0 Å². The maximum Gasteiger partial charge on any atom is 0.337 e. The molecule has 0 bridgehead atoms. The van der Waals surface area contributed by atoms with Crippen LogP contribution in [0, 0.1) is 21.4 Å². The summed E-state index contributed by atoms with van der Waals surface area (Å²) in [5.41, 5.74) is 4.08. The van der Waals surface area contributed by atoms with Crippen LogP contribution in [0.25, 0.3) is 10.9 Å². The zero-order valence-corrected chi connectivity index (χ0v) is 15.1. The Balaban J connectivity index is 1.76. The summed E-state index contributed by atoms with van der Waals surface area (Å²) in [7, 11) is 1.34. The van der Waals surface area contributed by atoms with E-state index in [2.05, 4.69) is 4.98 Å². The fourth-order valence-electron chi connectivity index (χ4n) is 3.67. The summed E-state index contributed by atoms with van der Waals surface area (Å²) in [6, 6.07) is 11.8. The standard InChI is InChI=1S/C20H16N4O4/c1-28-20(25)13-3-4-16-14(9-13)15-11-23(7-6-17(15)22-16)18-5-2-12(10-21)8-19(18)24(26)27/h2-5,8-9,22H,6-7,11H2,1H3. The number of aromatic amines is 1. The number of nitro groups is 1. The number of nitriles is 1. The van der Waals surface area contributed by atoms with E-state index in [1.807, 2.05) is 17.0 Å². The minimum absolute atomic E-state index is 0.0856. The van der Waals surface area contributed by atoms with E-state index in [-0.39, 0.29) is 11.3 Å². The van der Waals surface area contributed by atoms with Crippen molar-refractivity contribution in [2.75, 3.05) is 18.6 Å². The molecule has 0 radical (unpaired) electrons. The van der Waals surface area contributed by atoms with Gasteiger partial charge in [-0.15, -0.1) is 0 Å². The highest BCUT2D eigenvalue weighted by Crippen LogP contribution is 2.35. The molecule has 8 nitrogen and oxygen atoms in total. The first kappa shape index (κ1) is 17.5. The Morgan fingerprint density at radius 3 is 2.86 bits per heavy atom. The summed E-state index contributed by atoms with van der Waals surface area (Å²) in [6.07, 6.45) is 0.689. The summed E-state index contributed by atoms with van der Waals surface area (Å²) in [4.78, 5) is 28.2. The Morgan fingerprint density at radius 1 is 1.32 bits per heavy atom. The van der Waals surface area contributed by atoms with E-state index in [0.717, 1.165) is 22.2 Å². The summed E-state index contributed by atoms with van der Waals surface area (Å²) >= 11 is 0. The van der Waals surface area contributed by atoms with Crippen LogP contribution in [0.3, 0.4) is 0 Å². The number of methoxy groups -OCH3 is 1. The predicted molar refractivity (Wildman–Crippen MR) is 102 cm³/mol. The fraction of sp³-hybridized carbons (Fsp3) is 0.200. The molecule has 0 spiro atoms. The van der Waals surface area contributed by atoms with E-state index in [4.69, 9.17) is 10.00 Å². The number of H-pyrrole nitrogens is 1. The fourth-order valence-corrected chi connectivity index (χ4v) is 3.67. The van der Waals surface area contributed by atoms with Crippen LogP contribution in [0.5, 0.6) is 0 Å². The number of esters is 1. The van der Waals surface area contributed by atoms with E-state index in [9.17, 15) is 14.9 Å². The van der Waals surface area contributed by atoms with E-state index in [1.165, 1.54) is 13.2 Å². The van der Waals surface area contributed by atoms with Crippen LogP contribution in [-0.4, -0.2) is 29.5 Å². The molecule has 8 heteroatoms. The van der Waals surface area contributed by atoms with Gasteiger partial charge in [0.25, 0.3) is 5.69 Å². The molecule has 0 amide bonds. The zero-order chi connectivity index (χ0) is 19.8. The lowest BCUT2D eigenvalue weighted by Crippen LogP contribution is -2.30. The van der Waals surface area contributed by atoms with Gasteiger partial charge in [0.15, 0.2) is 0 Å². The van der Waals surface area contributed by atoms with Crippen LogP contribution in [0.2, 0.25) is 0 Å². The molecule has 4 rings (SSSR count). The molecule has 28 heavy (non-hydrogen) atoms. The maximum atomic E-state index is 11.9. The van der Waals surface area contributed by atoms with Crippen molar-refractivity contribution < 1.29 is 14.5 Å². The van der Waals surface area contributed by atoms with Gasteiger partial charge in [0.05, 0.1) is 29.2 Å². The highest BCUT2D eigenvalue weighted by Gasteiger charge is 2.26. The number of anilines is 1. The third-order valence-corrected chi connectivity index (χ3v) is 5.04. The molecule has 2 aromatic carbocycles. The Morgan fingerprint density at radius 2 is 2.14 bits per heavy atom. The maximum absolute atomic E-state index is 11.9. The number of hydrogen-bond acceptors (Lipinski definition) is 6. The monoisotopic (exact) mass is 376 g/mol. The van der Waals surface area contributed by atoms with Crippen molar-refractivity contribution in [3.63, 3.8) is 0 Å². The average Bonchev–Trinajstić information content (AvgIpc) is 3.09. The number of carbonyl (C=O) groups is 1. The molecule has 0 fully saturated rings. The Bertz CT molecular complexity index is 1160. The van der Waals surface area contributed by atoms with Crippen LogP contribution in [0.15, 0.2) is 36.4 Å². The molecule has 0 unspecified atom stereocenters. The molecule has 3 aromatic rings.